The minimum atomic E-state index is -0.191. The molecule has 2 aromatic heterocycles. The number of para-hydroxylation sites is 1. The molecule has 0 unspecified atom stereocenters. The minimum Gasteiger partial charge on any atom is -0.454 e. The van der Waals surface area contributed by atoms with Gasteiger partial charge >= 0.3 is 0 Å². The number of carbonyl (C=O) groups excluding carboxylic acids is 1. The van der Waals surface area contributed by atoms with Crippen molar-refractivity contribution in [1.29, 1.82) is 0 Å². The van der Waals surface area contributed by atoms with Crippen LogP contribution in [0.5, 0.6) is 11.5 Å². The summed E-state index contributed by atoms with van der Waals surface area (Å²) in [4.78, 5) is 20.9. The van der Waals surface area contributed by atoms with Gasteiger partial charge in [0, 0.05) is 27.9 Å². The first-order valence-corrected chi connectivity index (χ1v) is 9.22. The zero-order valence-electron chi connectivity index (χ0n) is 15.6. The molecule has 2 N–H and O–H groups in total. The maximum absolute atomic E-state index is 12.7. The molecule has 0 saturated heterocycles. The zero-order valence-corrected chi connectivity index (χ0v) is 15.6. The number of aromatic nitrogens is 2. The van der Waals surface area contributed by atoms with E-state index in [0.717, 1.165) is 27.4 Å². The molecule has 1 aliphatic heterocycles. The molecule has 0 aliphatic carbocycles. The first-order chi connectivity index (χ1) is 13.6. The van der Waals surface area contributed by atoms with Crippen molar-refractivity contribution in [3.05, 3.63) is 54.2 Å². The quantitative estimate of drug-likeness (QED) is 0.563. The molecule has 0 fully saturated rings. The van der Waals surface area contributed by atoms with Crippen molar-refractivity contribution in [3.8, 4) is 22.8 Å². The number of benzene rings is 2. The summed E-state index contributed by atoms with van der Waals surface area (Å²) in [6, 6.07) is 15.6. The first kappa shape index (κ1) is 16.6. The van der Waals surface area contributed by atoms with Crippen molar-refractivity contribution in [1.82, 2.24) is 15.3 Å². The van der Waals surface area contributed by atoms with Crippen LogP contribution in [0.4, 0.5) is 0 Å². The molecule has 6 heteroatoms. The van der Waals surface area contributed by atoms with Gasteiger partial charge < -0.3 is 19.8 Å². The van der Waals surface area contributed by atoms with E-state index >= 15 is 0 Å². The van der Waals surface area contributed by atoms with Gasteiger partial charge in [0.05, 0.1) is 11.2 Å². The van der Waals surface area contributed by atoms with Gasteiger partial charge in [-0.25, -0.2) is 4.98 Å². The minimum absolute atomic E-state index is 0.0296. The number of carbonyl (C=O) groups is 1. The normalized spacial score (nSPS) is 12.8. The third kappa shape index (κ3) is 2.65. The van der Waals surface area contributed by atoms with Crippen molar-refractivity contribution in [2.75, 3.05) is 6.79 Å². The number of rotatable bonds is 3. The fourth-order valence-electron chi connectivity index (χ4n) is 3.55. The summed E-state index contributed by atoms with van der Waals surface area (Å²) in [5, 5.41) is 4.95. The molecule has 3 heterocycles. The zero-order chi connectivity index (χ0) is 19.3. The highest BCUT2D eigenvalue weighted by atomic mass is 16.7. The Balaban J connectivity index is 1.77. The predicted molar refractivity (Wildman–Crippen MR) is 108 cm³/mol. The molecule has 1 amide bonds. The van der Waals surface area contributed by atoms with Crippen molar-refractivity contribution in [3.63, 3.8) is 0 Å². The maximum Gasteiger partial charge on any atom is 0.270 e. The summed E-state index contributed by atoms with van der Waals surface area (Å²) < 4.78 is 10.9. The molecule has 0 spiro atoms. The number of nitrogens with one attached hydrogen (secondary N) is 2. The predicted octanol–water partition coefficient (Wildman–Crippen LogP) is 4.25. The fourth-order valence-corrected chi connectivity index (χ4v) is 3.55. The Morgan fingerprint density at radius 3 is 2.75 bits per heavy atom. The van der Waals surface area contributed by atoms with Crippen molar-refractivity contribution >= 4 is 27.7 Å². The van der Waals surface area contributed by atoms with Crippen LogP contribution in [-0.4, -0.2) is 28.7 Å². The lowest BCUT2D eigenvalue weighted by molar-refractivity contribution is 0.0938. The van der Waals surface area contributed by atoms with Gasteiger partial charge in [-0.3, -0.25) is 4.79 Å². The second-order valence-electron chi connectivity index (χ2n) is 7.15. The Kier molecular flexibility index (Phi) is 3.72. The summed E-state index contributed by atoms with van der Waals surface area (Å²) in [7, 11) is 0. The molecule has 0 atom stereocenters. The summed E-state index contributed by atoms with van der Waals surface area (Å²) in [6.07, 6.45) is 0. The summed E-state index contributed by atoms with van der Waals surface area (Å²) in [5.41, 5.74) is 3.85. The van der Waals surface area contributed by atoms with E-state index in [1.807, 2.05) is 62.4 Å². The van der Waals surface area contributed by atoms with Crippen LogP contribution in [0.15, 0.2) is 48.5 Å². The van der Waals surface area contributed by atoms with Crippen LogP contribution in [0.3, 0.4) is 0 Å². The van der Waals surface area contributed by atoms with Crippen LogP contribution in [0, 0.1) is 0 Å². The topological polar surface area (TPSA) is 76.2 Å². The lowest BCUT2D eigenvalue weighted by atomic mass is 10.1. The van der Waals surface area contributed by atoms with Crippen LogP contribution in [0.1, 0.15) is 24.3 Å². The number of hydrogen-bond donors (Lipinski definition) is 2. The largest absolute Gasteiger partial charge is 0.454 e. The second kappa shape index (κ2) is 6.27. The molecule has 1 aliphatic rings. The van der Waals surface area contributed by atoms with Crippen LogP contribution < -0.4 is 14.8 Å². The van der Waals surface area contributed by atoms with E-state index in [0.29, 0.717) is 22.9 Å². The van der Waals surface area contributed by atoms with E-state index < -0.39 is 0 Å². The van der Waals surface area contributed by atoms with E-state index in [9.17, 15) is 4.79 Å². The van der Waals surface area contributed by atoms with Crippen molar-refractivity contribution in [2.24, 2.45) is 0 Å². The Hall–Kier alpha value is -3.54. The molecule has 140 valence electrons. The lowest BCUT2D eigenvalue weighted by Crippen LogP contribution is -2.30. The second-order valence-corrected chi connectivity index (χ2v) is 7.15. The van der Waals surface area contributed by atoms with Gasteiger partial charge in [0.15, 0.2) is 11.5 Å². The molecule has 28 heavy (non-hydrogen) atoms. The Bertz CT molecular complexity index is 1230. The van der Waals surface area contributed by atoms with E-state index in [-0.39, 0.29) is 18.7 Å². The number of amides is 1. The average Bonchev–Trinajstić information content (AvgIpc) is 3.30. The fraction of sp³-hybridized carbons (Fsp3) is 0.182. The van der Waals surface area contributed by atoms with E-state index in [1.165, 1.54) is 0 Å². The Labute approximate surface area is 161 Å². The summed E-state index contributed by atoms with van der Waals surface area (Å²) in [5.74, 6) is 1.20. The molecule has 5 rings (SSSR count). The van der Waals surface area contributed by atoms with Gasteiger partial charge in [-0.05, 0) is 44.2 Å². The monoisotopic (exact) mass is 373 g/mol. The molecular weight excluding hydrogens is 354 g/mol. The van der Waals surface area contributed by atoms with Crippen LogP contribution in [0.2, 0.25) is 0 Å². The van der Waals surface area contributed by atoms with E-state index in [2.05, 4.69) is 10.3 Å². The molecule has 2 aromatic carbocycles. The molecular formula is C22H19N3O3. The van der Waals surface area contributed by atoms with Crippen LogP contribution in [0.25, 0.3) is 33.1 Å². The molecule has 0 saturated carbocycles. The molecule has 0 radical (unpaired) electrons. The maximum atomic E-state index is 12.7. The molecule has 4 aromatic rings. The number of nitrogens with zero attached hydrogens (tertiary/aromatic N) is 1. The summed E-state index contributed by atoms with van der Waals surface area (Å²) in [6.45, 7) is 4.08. The lowest BCUT2D eigenvalue weighted by Gasteiger charge is -2.10. The van der Waals surface area contributed by atoms with Gasteiger partial charge in [0.25, 0.3) is 5.91 Å². The highest BCUT2D eigenvalue weighted by molar-refractivity contribution is 6.13. The van der Waals surface area contributed by atoms with E-state index in [4.69, 9.17) is 14.5 Å². The number of H-pyrrole nitrogens is 1. The first-order valence-electron chi connectivity index (χ1n) is 9.22. The van der Waals surface area contributed by atoms with Gasteiger partial charge in [0.1, 0.15) is 5.69 Å². The number of hydrogen-bond acceptors (Lipinski definition) is 4. The molecule has 6 nitrogen and oxygen atoms in total. The third-order valence-corrected chi connectivity index (χ3v) is 4.79. The highest BCUT2D eigenvalue weighted by Gasteiger charge is 2.20. The van der Waals surface area contributed by atoms with Crippen LogP contribution in [-0.2, 0) is 0 Å². The third-order valence-electron chi connectivity index (χ3n) is 4.79. The van der Waals surface area contributed by atoms with Gasteiger partial charge in [-0.1, -0.05) is 18.2 Å². The number of aromatic amines is 1. The van der Waals surface area contributed by atoms with Crippen LogP contribution >= 0.6 is 0 Å². The van der Waals surface area contributed by atoms with Crippen molar-refractivity contribution in [2.45, 2.75) is 19.9 Å². The van der Waals surface area contributed by atoms with E-state index in [1.54, 1.807) is 0 Å². The average molecular weight is 373 g/mol. The standard InChI is InChI=1S/C22H19N3O3/c1-12(2)23-22(26)17-10-15-14-5-3-4-6-16(14)24-21(15)20(25-17)13-7-8-18-19(9-13)28-11-27-18/h3-10,12,24H,11H2,1-2H3,(H,23,26). The summed E-state index contributed by atoms with van der Waals surface area (Å²) >= 11 is 0. The SMILES string of the molecule is CC(C)NC(=O)c1cc2c([nH]c3ccccc32)c(-c2ccc3c(c2)OCO3)n1. The van der Waals surface area contributed by atoms with Gasteiger partial charge in [-0.15, -0.1) is 0 Å². The Morgan fingerprint density at radius 2 is 1.89 bits per heavy atom. The number of pyridine rings is 1. The van der Waals surface area contributed by atoms with Gasteiger partial charge in [-0.2, -0.15) is 0 Å². The highest BCUT2D eigenvalue weighted by Crippen LogP contribution is 2.38. The Morgan fingerprint density at radius 1 is 1.07 bits per heavy atom. The van der Waals surface area contributed by atoms with Gasteiger partial charge in [0.2, 0.25) is 6.79 Å². The smallest absolute Gasteiger partial charge is 0.270 e. The number of fused-ring (bicyclic) bond motifs is 4. The number of ether oxygens (including phenoxy) is 2. The molecule has 0 bridgehead atoms. The van der Waals surface area contributed by atoms with Crippen molar-refractivity contribution < 1.29 is 14.3 Å².